The molecule has 0 saturated carbocycles. The number of aryl methyl sites for hydroxylation is 1. The number of ether oxygens (including phenoxy) is 1. The van der Waals surface area contributed by atoms with E-state index in [4.69, 9.17) is 4.74 Å². The van der Waals surface area contributed by atoms with E-state index in [1.165, 1.54) is 6.33 Å². The largest absolute Gasteiger partial charge is 0.447 e. The van der Waals surface area contributed by atoms with Crippen LogP contribution in [-0.4, -0.2) is 64.3 Å². The number of rotatable bonds is 5. The number of nitrogens with one attached hydrogen (secondary N) is 1. The average molecular weight is 460 g/mol. The molecule has 34 heavy (non-hydrogen) atoms. The minimum atomic E-state index is -0.280. The number of carbonyl (C=O) groups excluding carboxylic acids is 1. The minimum Gasteiger partial charge on any atom is -0.447 e. The first-order valence-corrected chi connectivity index (χ1v) is 11.1. The van der Waals surface area contributed by atoms with E-state index in [2.05, 4.69) is 36.4 Å². The first-order valence-electron chi connectivity index (χ1n) is 11.1. The van der Waals surface area contributed by atoms with E-state index in [-0.39, 0.29) is 12.2 Å². The summed E-state index contributed by atoms with van der Waals surface area (Å²) >= 11 is 0. The molecule has 11 heteroatoms. The molecule has 0 fully saturated rings. The number of imidazole rings is 1. The van der Waals surface area contributed by atoms with Gasteiger partial charge >= 0.3 is 6.09 Å². The lowest BCUT2D eigenvalue weighted by molar-refractivity contribution is 0.0799. The van der Waals surface area contributed by atoms with Gasteiger partial charge in [-0.3, -0.25) is 4.40 Å². The van der Waals surface area contributed by atoms with Crippen LogP contribution in [0.2, 0.25) is 0 Å². The van der Waals surface area contributed by atoms with Crippen LogP contribution in [-0.2, 0) is 4.74 Å². The number of anilines is 2. The summed E-state index contributed by atoms with van der Waals surface area (Å²) in [6.45, 7) is 6.73. The third kappa shape index (κ3) is 4.19. The first-order chi connectivity index (χ1) is 16.5. The number of aromatic nitrogens is 7. The highest BCUT2D eigenvalue weighted by Gasteiger charge is 2.22. The van der Waals surface area contributed by atoms with Crippen LogP contribution in [0.15, 0.2) is 49.5 Å². The van der Waals surface area contributed by atoms with Crippen molar-refractivity contribution in [3.05, 3.63) is 60.8 Å². The van der Waals surface area contributed by atoms with E-state index in [0.29, 0.717) is 30.4 Å². The molecule has 0 atom stereocenters. The van der Waals surface area contributed by atoms with Gasteiger partial charge in [-0.25, -0.2) is 29.4 Å². The molecule has 4 aromatic rings. The Balaban J connectivity index is 1.37. The van der Waals surface area contributed by atoms with Gasteiger partial charge < -0.3 is 15.0 Å². The molecule has 0 spiro atoms. The van der Waals surface area contributed by atoms with Crippen molar-refractivity contribution in [2.24, 2.45) is 0 Å². The fourth-order valence-corrected chi connectivity index (χ4v) is 3.85. The number of pyridine rings is 1. The zero-order valence-corrected chi connectivity index (χ0v) is 19.2. The SMILES string of the molecule is Cc1nc(-n2cncn2)ccc1Nc1nccn2c(C3=CCN(C(=O)OC(C)C)CC3)cnc12. The lowest BCUT2D eigenvalue weighted by Gasteiger charge is -2.26. The Hall–Kier alpha value is -4.28. The number of carbonyl (C=O) groups is 1. The van der Waals surface area contributed by atoms with Crippen molar-refractivity contribution in [3.8, 4) is 5.82 Å². The maximum Gasteiger partial charge on any atom is 0.410 e. The number of amides is 1. The summed E-state index contributed by atoms with van der Waals surface area (Å²) in [6.07, 6.45) is 10.9. The van der Waals surface area contributed by atoms with Crippen molar-refractivity contribution in [1.82, 2.24) is 39.0 Å². The Morgan fingerprint density at radius 1 is 1.24 bits per heavy atom. The summed E-state index contributed by atoms with van der Waals surface area (Å²) in [5, 5.41) is 7.47. The molecule has 0 aromatic carbocycles. The van der Waals surface area contributed by atoms with Crippen LogP contribution in [0.25, 0.3) is 17.0 Å². The lowest BCUT2D eigenvalue weighted by atomic mass is 10.1. The maximum absolute atomic E-state index is 12.2. The van der Waals surface area contributed by atoms with Crippen LogP contribution in [0.4, 0.5) is 16.3 Å². The highest BCUT2D eigenvalue weighted by Crippen LogP contribution is 2.27. The van der Waals surface area contributed by atoms with Crippen LogP contribution < -0.4 is 5.32 Å². The van der Waals surface area contributed by atoms with Crippen molar-refractivity contribution < 1.29 is 9.53 Å². The molecule has 0 unspecified atom stereocenters. The Bertz CT molecular complexity index is 1360. The second kappa shape index (κ2) is 8.93. The first kappa shape index (κ1) is 21.6. The fourth-order valence-electron chi connectivity index (χ4n) is 3.85. The highest BCUT2D eigenvalue weighted by molar-refractivity contribution is 5.76. The number of nitrogens with zero attached hydrogens (tertiary/aromatic N) is 8. The van der Waals surface area contributed by atoms with Gasteiger partial charge in [0, 0.05) is 25.5 Å². The van der Waals surface area contributed by atoms with E-state index in [1.807, 2.05) is 49.7 Å². The minimum absolute atomic E-state index is 0.132. The Morgan fingerprint density at radius 3 is 2.82 bits per heavy atom. The highest BCUT2D eigenvalue weighted by atomic mass is 16.6. The van der Waals surface area contributed by atoms with Gasteiger partial charge in [-0.1, -0.05) is 6.08 Å². The lowest BCUT2D eigenvalue weighted by Crippen LogP contribution is -2.36. The summed E-state index contributed by atoms with van der Waals surface area (Å²) in [5.41, 5.74) is 4.44. The third-order valence-electron chi connectivity index (χ3n) is 5.54. The predicted octanol–water partition coefficient (Wildman–Crippen LogP) is 3.39. The van der Waals surface area contributed by atoms with Crippen LogP contribution in [0.1, 0.15) is 31.7 Å². The Morgan fingerprint density at radius 2 is 2.12 bits per heavy atom. The summed E-state index contributed by atoms with van der Waals surface area (Å²) in [4.78, 5) is 31.6. The smallest absolute Gasteiger partial charge is 0.410 e. The van der Waals surface area contributed by atoms with Gasteiger partial charge in [0.25, 0.3) is 0 Å². The summed E-state index contributed by atoms with van der Waals surface area (Å²) < 4.78 is 8.93. The van der Waals surface area contributed by atoms with Gasteiger partial charge in [-0.05, 0) is 44.9 Å². The zero-order valence-electron chi connectivity index (χ0n) is 19.2. The van der Waals surface area contributed by atoms with Crippen LogP contribution in [0.5, 0.6) is 0 Å². The maximum atomic E-state index is 12.2. The standard InChI is InChI=1S/C23H25N9O2/c1-15(2)34-23(33)30-9-6-17(7-10-30)19-12-26-22-21(25-8-11-31(19)22)29-18-4-5-20(28-16(18)3)32-14-24-13-27-32/h4-6,8,11-15H,7,9-10H2,1-3H3,(H,25,29). The van der Waals surface area contributed by atoms with Crippen LogP contribution in [0, 0.1) is 6.92 Å². The molecular formula is C23H25N9O2. The van der Waals surface area contributed by atoms with Crippen LogP contribution in [0.3, 0.4) is 0 Å². The van der Waals surface area contributed by atoms with E-state index in [1.54, 1.807) is 22.1 Å². The summed E-state index contributed by atoms with van der Waals surface area (Å²) in [5.74, 6) is 1.32. The van der Waals surface area contributed by atoms with Crippen LogP contribution >= 0.6 is 0 Å². The van der Waals surface area contributed by atoms with E-state index < -0.39 is 0 Å². The fraction of sp³-hybridized carbons (Fsp3) is 0.304. The van der Waals surface area contributed by atoms with E-state index in [0.717, 1.165) is 29.1 Å². The van der Waals surface area contributed by atoms with Gasteiger partial charge in [0.15, 0.2) is 17.3 Å². The van der Waals surface area contributed by atoms with Crippen molar-refractivity contribution >= 4 is 28.8 Å². The van der Waals surface area contributed by atoms with Gasteiger partial charge in [0.05, 0.1) is 29.4 Å². The molecule has 4 aromatic heterocycles. The number of hydrogen-bond acceptors (Lipinski definition) is 8. The molecule has 1 amide bonds. The molecule has 0 bridgehead atoms. The molecule has 0 saturated heterocycles. The molecule has 0 radical (unpaired) electrons. The van der Waals surface area contributed by atoms with E-state index in [9.17, 15) is 4.79 Å². The van der Waals surface area contributed by atoms with Crippen molar-refractivity contribution in [3.63, 3.8) is 0 Å². The van der Waals surface area contributed by atoms with Crippen molar-refractivity contribution in [2.75, 3.05) is 18.4 Å². The molecule has 0 aliphatic carbocycles. The number of fused-ring (bicyclic) bond motifs is 1. The third-order valence-corrected chi connectivity index (χ3v) is 5.54. The molecule has 1 N–H and O–H groups in total. The molecule has 174 valence electrons. The molecule has 5 heterocycles. The van der Waals surface area contributed by atoms with Gasteiger partial charge in [-0.15, -0.1) is 0 Å². The van der Waals surface area contributed by atoms with Gasteiger partial charge in [-0.2, -0.15) is 5.10 Å². The van der Waals surface area contributed by atoms with E-state index >= 15 is 0 Å². The average Bonchev–Trinajstić information content (AvgIpc) is 3.51. The summed E-state index contributed by atoms with van der Waals surface area (Å²) in [6, 6.07) is 3.80. The normalized spacial score (nSPS) is 13.9. The molecule has 1 aliphatic heterocycles. The molecular weight excluding hydrogens is 434 g/mol. The van der Waals surface area contributed by atoms with Gasteiger partial charge in [0.2, 0.25) is 0 Å². The Labute approximate surface area is 196 Å². The molecule has 11 nitrogen and oxygen atoms in total. The molecule has 1 aliphatic rings. The zero-order chi connectivity index (χ0) is 23.7. The monoisotopic (exact) mass is 459 g/mol. The second-order valence-corrected chi connectivity index (χ2v) is 8.24. The Kier molecular flexibility index (Phi) is 5.66. The second-order valence-electron chi connectivity index (χ2n) is 8.24. The predicted molar refractivity (Wildman–Crippen MR) is 126 cm³/mol. The van der Waals surface area contributed by atoms with Crippen molar-refractivity contribution in [2.45, 2.75) is 33.3 Å². The topological polar surface area (TPSA) is 115 Å². The van der Waals surface area contributed by atoms with Crippen molar-refractivity contribution in [1.29, 1.82) is 0 Å². The quantitative estimate of drug-likeness (QED) is 0.483. The molecule has 5 rings (SSSR count). The summed E-state index contributed by atoms with van der Waals surface area (Å²) in [7, 11) is 0. The van der Waals surface area contributed by atoms with Gasteiger partial charge in [0.1, 0.15) is 12.7 Å². The number of hydrogen-bond donors (Lipinski definition) is 1.